The van der Waals surface area contributed by atoms with Gasteiger partial charge in [-0.2, -0.15) is 0 Å². The predicted molar refractivity (Wildman–Crippen MR) is 70.5 cm³/mol. The molecule has 0 saturated carbocycles. The van der Waals surface area contributed by atoms with Crippen LogP contribution in [-0.2, 0) is 0 Å². The van der Waals surface area contributed by atoms with Gasteiger partial charge in [-0.25, -0.2) is 9.97 Å². The number of nitrogens with one attached hydrogen (secondary N) is 2. The van der Waals surface area contributed by atoms with Crippen molar-refractivity contribution in [2.45, 2.75) is 26.2 Å². The molecular formula is C12H19ClN4. The Hall–Kier alpha value is -0.870. The van der Waals surface area contributed by atoms with Crippen LogP contribution in [0.3, 0.4) is 0 Å². The highest BCUT2D eigenvalue weighted by Crippen LogP contribution is 2.16. The lowest BCUT2D eigenvalue weighted by Gasteiger charge is -2.22. The van der Waals surface area contributed by atoms with Crippen molar-refractivity contribution in [3.63, 3.8) is 0 Å². The van der Waals surface area contributed by atoms with Crippen LogP contribution in [0.1, 0.15) is 25.1 Å². The van der Waals surface area contributed by atoms with Crippen LogP contribution in [0.25, 0.3) is 0 Å². The predicted octanol–water partition coefficient (Wildman–Crippen LogP) is 2.24. The van der Waals surface area contributed by atoms with Crippen LogP contribution in [0.4, 0.5) is 5.82 Å². The van der Waals surface area contributed by atoms with Crippen LogP contribution in [0.5, 0.6) is 0 Å². The number of hydrogen-bond donors (Lipinski definition) is 2. The SMILES string of the molecule is Cc1nc(Cl)cc(NCCC2CCNCC2)n1. The number of halogens is 1. The summed E-state index contributed by atoms with van der Waals surface area (Å²) in [6.07, 6.45) is 3.76. The molecule has 0 radical (unpaired) electrons. The molecule has 4 nitrogen and oxygen atoms in total. The van der Waals surface area contributed by atoms with Crippen molar-refractivity contribution in [2.24, 2.45) is 5.92 Å². The highest BCUT2D eigenvalue weighted by Gasteiger charge is 2.12. The van der Waals surface area contributed by atoms with Crippen molar-refractivity contribution in [3.05, 3.63) is 17.0 Å². The molecule has 0 aromatic carbocycles. The average Bonchev–Trinajstić information content (AvgIpc) is 2.29. The van der Waals surface area contributed by atoms with Crippen LogP contribution in [0.15, 0.2) is 6.07 Å². The molecule has 0 aliphatic carbocycles. The Kier molecular flexibility index (Phi) is 4.57. The summed E-state index contributed by atoms with van der Waals surface area (Å²) in [4.78, 5) is 8.34. The smallest absolute Gasteiger partial charge is 0.134 e. The monoisotopic (exact) mass is 254 g/mol. The molecule has 1 aliphatic rings. The molecule has 2 heterocycles. The molecule has 1 aromatic rings. The lowest BCUT2D eigenvalue weighted by molar-refractivity contribution is 0.361. The first-order valence-corrected chi connectivity index (χ1v) is 6.57. The standard InChI is InChI=1S/C12H19ClN4/c1-9-16-11(13)8-12(17-9)15-7-4-10-2-5-14-6-3-10/h8,10,14H,2-7H2,1H3,(H,15,16,17). The minimum absolute atomic E-state index is 0.502. The summed E-state index contributed by atoms with van der Waals surface area (Å²) in [5.41, 5.74) is 0. The summed E-state index contributed by atoms with van der Waals surface area (Å²) in [6.45, 7) is 5.12. The van der Waals surface area contributed by atoms with E-state index >= 15 is 0 Å². The molecule has 1 fully saturated rings. The van der Waals surface area contributed by atoms with E-state index in [1.165, 1.54) is 19.3 Å². The molecule has 0 amide bonds. The first-order chi connectivity index (χ1) is 8.24. The van der Waals surface area contributed by atoms with Gasteiger partial charge in [0.05, 0.1) is 0 Å². The fourth-order valence-electron chi connectivity index (χ4n) is 2.20. The fourth-order valence-corrected chi connectivity index (χ4v) is 2.42. The summed E-state index contributed by atoms with van der Waals surface area (Å²) in [6, 6.07) is 1.77. The molecule has 1 aromatic heterocycles. The lowest BCUT2D eigenvalue weighted by Crippen LogP contribution is -2.28. The largest absolute Gasteiger partial charge is 0.370 e. The van der Waals surface area contributed by atoms with E-state index in [1.807, 2.05) is 6.92 Å². The van der Waals surface area contributed by atoms with Gasteiger partial charge in [-0.3, -0.25) is 0 Å². The van der Waals surface area contributed by atoms with Crippen LogP contribution in [-0.4, -0.2) is 29.6 Å². The summed E-state index contributed by atoms with van der Waals surface area (Å²) in [5.74, 6) is 2.38. The Labute approximate surface area is 107 Å². The maximum atomic E-state index is 5.88. The minimum Gasteiger partial charge on any atom is -0.370 e. The van der Waals surface area contributed by atoms with E-state index in [0.717, 1.165) is 31.4 Å². The molecule has 0 unspecified atom stereocenters. The third-order valence-electron chi connectivity index (χ3n) is 3.12. The number of anilines is 1. The van der Waals surface area contributed by atoms with Crippen molar-refractivity contribution < 1.29 is 0 Å². The van der Waals surface area contributed by atoms with E-state index in [2.05, 4.69) is 20.6 Å². The first kappa shape index (κ1) is 12.6. The van der Waals surface area contributed by atoms with Crippen molar-refractivity contribution in [1.29, 1.82) is 0 Å². The molecule has 5 heteroatoms. The number of hydrogen-bond acceptors (Lipinski definition) is 4. The Balaban J connectivity index is 1.77. The van der Waals surface area contributed by atoms with Crippen molar-refractivity contribution in [3.8, 4) is 0 Å². The Morgan fingerprint density at radius 1 is 1.41 bits per heavy atom. The second-order valence-corrected chi connectivity index (χ2v) is 4.92. The highest BCUT2D eigenvalue weighted by atomic mass is 35.5. The Bertz CT molecular complexity index is 343. The summed E-state index contributed by atoms with van der Waals surface area (Å²) in [5, 5.41) is 7.20. The number of aryl methyl sites for hydroxylation is 1. The third-order valence-corrected chi connectivity index (χ3v) is 3.32. The Morgan fingerprint density at radius 3 is 2.88 bits per heavy atom. The molecule has 0 bridgehead atoms. The molecule has 1 saturated heterocycles. The second kappa shape index (κ2) is 6.17. The summed E-state index contributed by atoms with van der Waals surface area (Å²) >= 11 is 5.88. The molecular weight excluding hydrogens is 236 g/mol. The molecule has 0 spiro atoms. The minimum atomic E-state index is 0.502. The van der Waals surface area contributed by atoms with Gasteiger partial charge in [0.25, 0.3) is 0 Å². The van der Waals surface area contributed by atoms with Gasteiger partial charge in [0, 0.05) is 12.6 Å². The topological polar surface area (TPSA) is 49.8 Å². The van der Waals surface area contributed by atoms with Crippen molar-refractivity contribution in [1.82, 2.24) is 15.3 Å². The number of aromatic nitrogens is 2. The van der Waals surface area contributed by atoms with E-state index in [0.29, 0.717) is 11.0 Å². The zero-order valence-electron chi connectivity index (χ0n) is 10.2. The quantitative estimate of drug-likeness (QED) is 0.810. The van der Waals surface area contributed by atoms with E-state index in [-0.39, 0.29) is 0 Å². The van der Waals surface area contributed by atoms with Crippen LogP contribution in [0, 0.1) is 12.8 Å². The van der Waals surface area contributed by atoms with Crippen LogP contribution < -0.4 is 10.6 Å². The molecule has 0 atom stereocenters. The zero-order valence-corrected chi connectivity index (χ0v) is 10.9. The van der Waals surface area contributed by atoms with Gasteiger partial charge in [-0.05, 0) is 45.2 Å². The van der Waals surface area contributed by atoms with Crippen molar-refractivity contribution in [2.75, 3.05) is 25.0 Å². The van der Waals surface area contributed by atoms with Gasteiger partial charge in [-0.15, -0.1) is 0 Å². The van der Waals surface area contributed by atoms with Gasteiger partial charge in [0.2, 0.25) is 0 Å². The zero-order chi connectivity index (χ0) is 12.1. The molecule has 17 heavy (non-hydrogen) atoms. The van der Waals surface area contributed by atoms with E-state index < -0.39 is 0 Å². The first-order valence-electron chi connectivity index (χ1n) is 6.20. The molecule has 1 aliphatic heterocycles. The van der Waals surface area contributed by atoms with Gasteiger partial charge in [-0.1, -0.05) is 11.6 Å². The molecule has 2 N–H and O–H groups in total. The van der Waals surface area contributed by atoms with Gasteiger partial charge in [0.1, 0.15) is 16.8 Å². The Morgan fingerprint density at radius 2 is 2.18 bits per heavy atom. The summed E-state index contributed by atoms with van der Waals surface area (Å²) < 4.78 is 0. The van der Waals surface area contributed by atoms with E-state index in [4.69, 9.17) is 11.6 Å². The normalized spacial score (nSPS) is 17.1. The average molecular weight is 255 g/mol. The van der Waals surface area contributed by atoms with Crippen molar-refractivity contribution >= 4 is 17.4 Å². The maximum Gasteiger partial charge on any atom is 0.134 e. The molecule has 94 valence electrons. The van der Waals surface area contributed by atoms with E-state index in [1.54, 1.807) is 6.07 Å². The number of rotatable bonds is 4. The van der Waals surface area contributed by atoms with Crippen LogP contribution in [0.2, 0.25) is 5.15 Å². The maximum absolute atomic E-state index is 5.88. The number of piperidine rings is 1. The van der Waals surface area contributed by atoms with E-state index in [9.17, 15) is 0 Å². The number of nitrogens with zero attached hydrogens (tertiary/aromatic N) is 2. The van der Waals surface area contributed by atoms with Gasteiger partial charge < -0.3 is 10.6 Å². The van der Waals surface area contributed by atoms with Gasteiger partial charge >= 0.3 is 0 Å². The lowest BCUT2D eigenvalue weighted by atomic mass is 9.95. The third kappa shape index (κ3) is 4.13. The summed E-state index contributed by atoms with van der Waals surface area (Å²) in [7, 11) is 0. The highest BCUT2D eigenvalue weighted by molar-refractivity contribution is 6.29. The van der Waals surface area contributed by atoms with Gasteiger partial charge in [0.15, 0.2) is 0 Å². The second-order valence-electron chi connectivity index (χ2n) is 4.53. The molecule has 2 rings (SSSR count). The fraction of sp³-hybridized carbons (Fsp3) is 0.667. The van der Waals surface area contributed by atoms with Crippen LogP contribution >= 0.6 is 11.6 Å².